The van der Waals surface area contributed by atoms with Gasteiger partial charge in [0.15, 0.2) is 0 Å². The third-order valence-corrected chi connectivity index (χ3v) is 1.34. The first-order valence-corrected chi connectivity index (χ1v) is 2.95. The number of aryl methyl sites for hydroxylation is 2. The van der Waals surface area contributed by atoms with Crippen LogP contribution in [0.1, 0.15) is 11.1 Å². The molecule has 1 aromatic carbocycles. The van der Waals surface area contributed by atoms with Crippen molar-refractivity contribution < 1.29 is 21.1 Å². The molecule has 0 aliphatic rings. The molecule has 0 aromatic heterocycles. The maximum atomic E-state index is 5.57. The minimum atomic E-state index is 0. The molecule has 0 atom stereocenters. The second-order valence-corrected chi connectivity index (χ2v) is 2.24. The average Bonchev–Trinajstić information content (AvgIpc) is 1.80. The van der Waals surface area contributed by atoms with E-state index in [1.165, 1.54) is 0 Å². The number of nitrogens with two attached hydrogens (primary N) is 1. The summed E-state index contributed by atoms with van der Waals surface area (Å²) in [4.78, 5) is 0. The fraction of sp³-hybridized carbons (Fsp3) is 0.250. The molecular weight excluding hydrogens is 294 g/mol. The zero-order chi connectivity index (χ0) is 6.85. The molecule has 1 rings (SSSR count). The molecule has 2 N–H and O–H groups in total. The van der Waals surface area contributed by atoms with Crippen LogP contribution in [0.3, 0.4) is 0 Å². The van der Waals surface area contributed by atoms with Crippen molar-refractivity contribution in [3.05, 3.63) is 29.3 Å². The van der Waals surface area contributed by atoms with Crippen molar-refractivity contribution in [2.45, 2.75) is 13.8 Å². The van der Waals surface area contributed by atoms with Gasteiger partial charge in [-0.3, -0.25) is 0 Å². The molecule has 0 fully saturated rings. The minimum absolute atomic E-state index is 0. The van der Waals surface area contributed by atoms with Gasteiger partial charge >= 0.3 is 0 Å². The molecule has 0 saturated carbocycles. The predicted molar refractivity (Wildman–Crippen MR) is 39.2 cm³/mol. The van der Waals surface area contributed by atoms with Crippen molar-refractivity contribution in [3.8, 4) is 0 Å². The van der Waals surface area contributed by atoms with Gasteiger partial charge in [0.1, 0.15) is 0 Å². The Morgan fingerprint density at radius 3 is 2.30 bits per heavy atom. The normalized spacial score (nSPS) is 8.60. The zero-order valence-electron chi connectivity index (χ0n) is 6.14. The van der Waals surface area contributed by atoms with E-state index in [1.54, 1.807) is 0 Å². The molecule has 0 radical (unpaired) electrons. The number of hydrogen-bond acceptors (Lipinski definition) is 1. The third kappa shape index (κ3) is 2.15. The fourth-order valence-corrected chi connectivity index (χ4v) is 0.692. The molecule has 0 aliphatic heterocycles. The first-order chi connectivity index (χ1) is 4.20. The Bertz CT molecular complexity index is 220. The number of rotatable bonds is 0. The van der Waals surface area contributed by atoms with Crippen LogP contribution < -0.4 is 5.73 Å². The van der Waals surface area contributed by atoms with E-state index in [2.05, 4.69) is 6.07 Å². The van der Waals surface area contributed by atoms with Crippen molar-refractivity contribution in [2.75, 3.05) is 5.73 Å². The summed E-state index contributed by atoms with van der Waals surface area (Å²) in [7, 11) is 0. The first-order valence-electron chi connectivity index (χ1n) is 2.95. The molecule has 0 spiro atoms. The smallest absolute Gasteiger partial charge is 0 e. The number of hydrogen-bond donors (Lipinski definition) is 1. The molecule has 0 aliphatic carbocycles. The average molecular weight is 304 g/mol. The molecule has 1 aromatic rings. The Labute approximate surface area is 75.9 Å². The number of anilines is 1. The van der Waals surface area contributed by atoms with Crippen LogP contribution in [-0.2, 0) is 21.1 Å². The van der Waals surface area contributed by atoms with Crippen molar-refractivity contribution in [1.29, 1.82) is 0 Å². The van der Waals surface area contributed by atoms with Crippen molar-refractivity contribution in [3.63, 3.8) is 0 Å². The van der Waals surface area contributed by atoms with E-state index in [9.17, 15) is 0 Å². The SMILES string of the molecule is Cc1[c-]c(N)c(C)cc1.[W]. The maximum Gasteiger partial charge on any atom is 0 e. The summed E-state index contributed by atoms with van der Waals surface area (Å²) in [5.41, 5.74) is 8.52. The molecular formula is C8H10NW-. The molecule has 0 bridgehead atoms. The molecule has 1 nitrogen and oxygen atoms in total. The Balaban J connectivity index is 0.000000810. The van der Waals surface area contributed by atoms with E-state index < -0.39 is 0 Å². The largest absolute Gasteiger partial charge is 0.420 e. The van der Waals surface area contributed by atoms with Gasteiger partial charge in [-0.15, -0.1) is 5.56 Å². The van der Waals surface area contributed by atoms with Crippen LogP contribution in [-0.4, -0.2) is 0 Å². The Morgan fingerprint density at radius 2 is 1.90 bits per heavy atom. The van der Waals surface area contributed by atoms with Gasteiger partial charge in [0.2, 0.25) is 0 Å². The van der Waals surface area contributed by atoms with Crippen LogP contribution in [0.15, 0.2) is 12.1 Å². The van der Waals surface area contributed by atoms with Crippen molar-refractivity contribution in [2.24, 2.45) is 0 Å². The summed E-state index contributed by atoms with van der Waals surface area (Å²) < 4.78 is 0. The van der Waals surface area contributed by atoms with Crippen molar-refractivity contribution >= 4 is 5.69 Å². The topological polar surface area (TPSA) is 26.0 Å². The predicted octanol–water partition coefficient (Wildman–Crippen LogP) is 1.68. The molecule has 2 heteroatoms. The Hall–Kier alpha value is -0.292. The van der Waals surface area contributed by atoms with Gasteiger partial charge in [0.25, 0.3) is 0 Å². The van der Waals surface area contributed by atoms with E-state index >= 15 is 0 Å². The molecule has 0 amide bonds. The van der Waals surface area contributed by atoms with Gasteiger partial charge in [-0.1, -0.05) is 19.5 Å². The summed E-state index contributed by atoms with van der Waals surface area (Å²) in [6, 6.07) is 7.02. The van der Waals surface area contributed by atoms with Crippen LogP contribution in [0.4, 0.5) is 5.69 Å². The van der Waals surface area contributed by atoms with Crippen LogP contribution in [0.5, 0.6) is 0 Å². The maximum absolute atomic E-state index is 5.57. The van der Waals surface area contributed by atoms with Gasteiger partial charge in [-0.25, -0.2) is 0 Å². The van der Waals surface area contributed by atoms with Crippen LogP contribution >= 0.6 is 0 Å². The van der Waals surface area contributed by atoms with Crippen LogP contribution in [0, 0.1) is 19.9 Å². The molecule has 10 heavy (non-hydrogen) atoms. The van der Waals surface area contributed by atoms with E-state index in [1.807, 2.05) is 26.0 Å². The van der Waals surface area contributed by atoms with Gasteiger partial charge in [0, 0.05) is 21.1 Å². The van der Waals surface area contributed by atoms with Gasteiger partial charge in [-0.2, -0.15) is 23.8 Å². The van der Waals surface area contributed by atoms with Crippen molar-refractivity contribution in [1.82, 2.24) is 0 Å². The third-order valence-electron chi connectivity index (χ3n) is 1.34. The van der Waals surface area contributed by atoms with Gasteiger partial charge in [0.05, 0.1) is 0 Å². The Kier molecular flexibility index (Phi) is 3.66. The quantitative estimate of drug-likeness (QED) is 0.573. The molecule has 0 heterocycles. The summed E-state index contributed by atoms with van der Waals surface area (Å²) in [6.07, 6.45) is 0. The molecule has 54 valence electrons. The van der Waals surface area contributed by atoms with Crippen LogP contribution in [0.25, 0.3) is 0 Å². The minimum Gasteiger partial charge on any atom is -0.420 e. The van der Waals surface area contributed by atoms with Crippen LogP contribution in [0.2, 0.25) is 0 Å². The van der Waals surface area contributed by atoms with E-state index in [0.29, 0.717) is 0 Å². The standard InChI is InChI=1S/C8H10N.W/c1-6-3-4-7(2)8(9)5-6;/h3-4H,9H2,1-2H3;/q-1;. The van der Waals surface area contributed by atoms with E-state index in [4.69, 9.17) is 5.73 Å². The first kappa shape index (κ1) is 9.71. The summed E-state index contributed by atoms with van der Waals surface area (Å²) in [5, 5.41) is 0. The molecule has 0 unspecified atom stereocenters. The summed E-state index contributed by atoms with van der Waals surface area (Å²) in [5.74, 6) is 0. The van der Waals surface area contributed by atoms with Gasteiger partial charge < -0.3 is 5.73 Å². The second-order valence-electron chi connectivity index (χ2n) is 2.24. The van der Waals surface area contributed by atoms with E-state index in [0.717, 1.165) is 16.8 Å². The monoisotopic (exact) mass is 304 g/mol. The Morgan fingerprint density at radius 1 is 1.30 bits per heavy atom. The summed E-state index contributed by atoms with van der Waals surface area (Å²) >= 11 is 0. The fourth-order valence-electron chi connectivity index (χ4n) is 0.692. The molecule has 0 saturated heterocycles. The second kappa shape index (κ2) is 3.77. The summed E-state index contributed by atoms with van der Waals surface area (Å²) in [6.45, 7) is 3.96. The zero-order valence-corrected chi connectivity index (χ0v) is 9.07. The number of benzene rings is 1. The van der Waals surface area contributed by atoms with E-state index in [-0.39, 0.29) is 21.1 Å². The van der Waals surface area contributed by atoms with Gasteiger partial charge in [-0.05, 0) is 0 Å². The number of nitrogen functional groups attached to an aromatic ring is 1.